The Morgan fingerprint density at radius 2 is 2.17 bits per heavy atom. The summed E-state index contributed by atoms with van der Waals surface area (Å²) in [7, 11) is 1.43. The lowest BCUT2D eigenvalue weighted by Crippen LogP contribution is -2.29. The molecule has 12 heavy (non-hydrogen) atoms. The van der Waals surface area contributed by atoms with Crippen LogP contribution in [0.1, 0.15) is 6.42 Å². The quantitative estimate of drug-likeness (QED) is 0.257. The lowest BCUT2D eigenvalue weighted by molar-refractivity contribution is -0.128. The molecule has 7 heteroatoms. The minimum Gasteiger partial charge on any atom is -0.359 e. The smallest absolute Gasteiger partial charge is 0.229 e. The second kappa shape index (κ2) is 5.99. The van der Waals surface area contributed by atoms with Gasteiger partial charge >= 0.3 is 0 Å². The van der Waals surface area contributed by atoms with E-state index in [-0.39, 0.29) is 19.0 Å². The van der Waals surface area contributed by atoms with E-state index in [9.17, 15) is 9.59 Å². The van der Waals surface area contributed by atoms with Crippen molar-refractivity contribution >= 4 is 11.8 Å². The molecule has 2 N–H and O–H groups in total. The highest BCUT2D eigenvalue weighted by Crippen LogP contribution is 1.78. The fourth-order valence-corrected chi connectivity index (χ4v) is 0.452. The zero-order chi connectivity index (χ0) is 9.40. The van der Waals surface area contributed by atoms with Crippen molar-refractivity contribution in [3.05, 3.63) is 10.4 Å². The average molecular weight is 171 g/mol. The number of azide groups is 1. The molecule has 0 aromatic rings. The van der Waals surface area contributed by atoms with E-state index in [1.807, 2.05) is 0 Å². The van der Waals surface area contributed by atoms with Crippen molar-refractivity contribution in [3.63, 3.8) is 0 Å². The molecule has 0 aliphatic heterocycles. The van der Waals surface area contributed by atoms with Gasteiger partial charge in [-0.05, 0) is 5.53 Å². The number of rotatable bonds is 4. The molecule has 0 bridgehead atoms. The predicted octanol–water partition coefficient (Wildman–Crippen LogP) is -0.493. The van der Waals surface area contributed by atoms with E-state index in [4.69, 9.17) is 5.53 Å². The first-order chi connectivity index (χ1) is 5.70. The second-order valence-corrected chi connectivity index (χ2v) is 1.84. The Kier molecular flexibility index (Phi) is 5.12. The van der Waals surface area contributed by atoms with Crippen LogP contribution in [0.2, 0.25) is 0 Å². The highest BCUT2D eigenvalue weighted by Gasteiger charge is 2.05. The summed E-state index contributed by atoms with van der Waals surface area (Å²) in [6, 6.07) is 0. The maximum atomic E-state index is 10.7. The van der Waals surface area contributed by atoms with Crippen LogP contribution in [-0.2, 0) is 9.59 Å². The third kappa shape index (κ3) is 5.07. The van der Waals surface area contributed by atoms with Gasteiger partial charge in [0.1, 0.15) is 6.42 Å². The Balaban J connectivity index is 3.59. The van der Waals surface area contributed by atoms with Gasteiger partial charge < -0.3 is 10.6 Å². The summed E-state index contributed by atoms with van der Waals surface area (Å²) in [6.07, 6.45) is -0.253. The fraction of sp³-hybridized carbons (Fsp3) is 0.600. The number of hydrogen-bond donors (Lipinski definition) is 2. The minimum absolute atomic E-state index is 0.133. The van der Waals surface area contributed by atoms with Crippen molar-refractivity contribution in [3.8, 4) is 0 Å². The first-order valence-electron chi connectivity index (χ1n) is 3.19. The molecule has 0 rings (SSSR count). The van der Waals surface area contributed by atoms with E-state index in [0.29, 0.717) is 0 Å². The van der Waals surface area contributed by atoms with Crippen LogP contribution in [0.15, 0.2) is 5.11 Å². The third-order valence-corrected chi connectivity index (χ3v) is 1.01. The summed E-state index contributed by atoms with van der Waals surface area (Å²) < 4.78 is 0. The van der Waals surface area contributed by atoms with Crippen LogP contribution in [0.25, 0.3) is 10.4 Å². The Hall–Kier alpha value is -1.75. The van der Waals surface area contributed by atoms with Gasteiger partial charge in [-0.15, -0.1) is 0 Å². The number of amides is 2. The summed E-state index contributed by atoms with van der Waals surface area (Å²) in [5.74, 6) is -0.852. The van der Waals surface area contributed by atoms with Crippen LogP contribution < -0.4 is 10.6 Å². The van der Waals surface area contributed by atoms with Crippen molar-refractivity contribution < 1.29 is 9.59 Å². The molecule has 0 aliphatic rings. The van der Waals surface area contributed by atoms with E-state index >= 15 is 0 Å². The number of nitrogens with zero attached hydrogens (tertiary/aromatic N) is 3. The Bertz CT molecular complexity index is 220. The summed E-state index contributed by atoms with van der Waals surface area (Å²) in [4.78, 5) is 23.7. The highest BCUT2D eigenvalue weighted by molar-refractivity contribution is 5.96. The zero-order valence-electron chi connectivity index (χ0n) is 6.57. The molecule has 0 saturated heterocycles. The van der Waals surface area contributed by atoms with Gasteiger partial charge in [0, 0.05) is 12.0 Å². The molecule has 66 valence electrons. The molecule has 0 saturated carbocycles. The van der Waals surface area contributed by atoms with Crippen molar-refractivity contribution in [1.29, 1.82) is 0 Å². The molecule has 0 fully saturated rings. The van der Waals surface area contributed by atoms with Gasteiger partial charge in [-0.3, -0.25) is 9.59 Å². The highest BCUT2D eigenvalue weighted by atomic mass is 16.2. The fourth-order valence-electron chi connectivity index (χ4n) is 0.452. The number of nitrogens with one attached hydrogen (secondary N) is 2. The maximum absolute atomic E-state index is 10.7. The second-order valence-electron chi connectivity index (χ2n) is 1.84. The van der Waals surface area contributed by atoms with Crippen LogP contribution in [0.5, 0.6) is 0 Å². The van der Waals surface area contributed by atoms with E-state index in [0.717, 1.165) is 0 Å². The summed E-state index contributed by atoms with van der Waals surface area (Å²) >= 11 is 0. The van der Waals surface area contributed by atoms with Crippen molar-refractivity contribution in [2.45, 2.75) is 6.42 Å². The molecule has 7 nitrogen and oxygen atoms in total. The van der Waals surface area contributed by atoms with Crippen molar-refractivity contribution in [1.82, 2.24) is 10.6 Å². The summed E-state index contributed by atoms with van der Waals surface area (Å²) in [6.45, 7) is -0.133. The molecular weight excluding hydrogens is 162 g/mol. The van der Waals surface area contributed by atoms with Crippen molar-refractivity contribution in [2.75, 3.05) is 13.7 Å². The van der Waals surface area contributed by atoms with Crippen LogP contribution in [0, 0.1) is 0 Å². The van der Waals surface area contributed by atoms with Gasteiger partial charge in [0.05, 0.1) is 6.67 Å². The minimum atomic E-state index is -0.471. The molecule has 0 atom stereocenters. The van der Waals surface area contributed by atoms with E-state index in [2.05, 4.69) is 20.7 Å². The molecule has 0 aromatic heterocycles. The lowest BCUT2D eigenvalue weighted by atomic mass is 10.4. The summed E-state index contributed by atoms with van der Waals surface area (Å²) in [5, 5.41) is 7.57. The van der Waals surface area contributed by atoms with E-state index < -0.39 is 5.91 Å². The van der Waals surface area contributed by atoms with Gasteiger partial charge in [-0.2, -0.15) is 0 Å². The van der Waals surface area contributed by atoms with Gasteiger partial charge in [0.2, 0.25) is 11.8 Å². The predicted molar refractivity (Wildman–Crippen MR) is 40.8 cm³/mol. The molecule has 0 spiro atoms. The monoisotopic (exact) mass is 171 g/mol. The van der Waals surface area contributed by atoms with Gasteiger partial charge in [0.25, 0.3) is 0 Å². The van der Waals surface area contributed by atoms with E-state index in [1.165, 1.54) is 7.05 Å². The van der Waals surface area contributed by atoms with Crippen LogP contribution in [0.3, 0.4) is 0 Å². The van der Waals surface area contributed by atoms with Crippen molar-refractivity contribution in [2.24, 2.45) is 5.11 Å². The van der Waals surface area contributed by atoms with Gasteiger partial charge in [-0.1, -0.05) is 5.11 Å². The molecule has 2 amide bonds. The van der Waals surface area contributed by atoms with E-state index in [1.54, 1.807) is 0 Å². The third-order valence-electron chi connectivity index (χ3n) is 1.01. The Morgan fingerprint density at radius 3 is 2.67 bits per heavy atom. The van der Waals surface area contributed by atoms with Gasteiger partial charge in [-0.25, -0.2) is 0 Å². The maximum Gasteiger partial charge on any atom is 0.229 e. The normalized spacial score (nSPS) is 8.08. The number of carbonyl (C=O) groups is 2. The number of carbonyl (C=O) groups excluding carboxylic acids is 2. The van der Waals surface area contributed by atoms with Crippen LogP contribution in [0.4, 0.5) is 0 Å². The van der Waals surface area contributed by atoms with Crippen LogP contribution in [-0.4, -0.2) is 25.5 Å². The molecule has 0 radical (unpaired) electrons. The molecule has 0 heterocycles. The molecular formula is C5H9N5O2. The lowest BCUT2D eigenvalue weighted by Gasteiger charge is -1.99. The molecule has 0 aliphatic carbocycles. The summed E-state index contributed by atoms with van der Waals surface area (Å²) in [5.41, 5.74) is 7.83. The molecule has 0 aromatic carbocycles. The van der Waals surface area contributed by atoms with Crippen LogP contribution >= 0.6 is 0 Å². The zero-order valence-corrected chi connectivity index (χ0v) is 6.57. The topological polar surface area (TPSA) is 107 Å². The largest absolute Gasteiger partial charge is 0.359 e. The number of hydrogen-bond acceptors (Lipinski definition) is 3. The first kappa shape index (κ1) is 10.2. The average Bonchev–Trinajstić information content (AvgIpc) is 2.05. The SMILES string of the molecule is CNC(=O)CC(=O)NCN=[N+]=[N-]. The van der Waals surface area contributed by atoms with Gasteiger partial charge in [0.15, 0.2) is 0 Å². The standard InChI is InChI=1S/C5H9N5O2/c1-7-4(11)2-5(12)8-3-9-10-6/h2-3H2,1H3,(H,7,11)(H,8,12). The Morgan fingerprint density at radius 1 is 1.50 bits per heavy atom. The Labute approximate surface area is 68.8 Å². The first-order valence-corrected chi connectivity index (χ1v) is 3.19. The molecule has 0 unspecified atom stereocenters.